The topological polar surface area (TPSA) is 29.5 Å². The molecule has 2 heteroatoms. The van der Waals surface area contributed by atoms with Crippen LogP contribution in [-0.4, -0.2) is 11.7 Å². The average molecular weight is 256 g/mol. The molecule has 0 saturated carbocycles. The Kier molecular flexibility index (Phi) is 5.45. The first-order chi connectivity index (χ1) is 9.36. The van der Waals surface area contributed by atoms with Crippen LogP contribution in [0, 0.1) is 0 Å². The minimum absolute atomic E-state index is 0.312. The summed E-state index contributed by atoms with van der Waals surface area (Å²) in [5, 5.41) is 9.58. The van der Waals surface area contributed by atoms with Crippen molar-refractivity contribution in [2.75, 3.05) is 6.61 Å². The summed E-state index contributed by atoms with van der Waals surface area (Å²) in [4.78, 5) is 0. The van der Waals surface area contributed by atoms with Crippen molar-refractivity contribution in [2.45, 2.75) is 25.9 Å². The van der Waals surface area contributed by atoms with Gasteiger partial charge in [-0.2, -0.15) is 0 Å². The number of ether oxygens (including phenoxy) is 1. The molecule has 0 bridgehead atoms. The molecule has 0 unspecified atom stereocenters. The second-order valence-electron chi connectivity index (χ2n) is 4.62. The first kappa shape index (κ1) is 13.6. The largest absolute Gasteiger partial charge is 0.508 e. The molecule has 2 nitrogen and oxygen atoms in total. The van der Waals surface area contributed by atoms with Crippen LogP contribution < -0.4 is 0 Å². The van der Waals surface area contributed by atoms with E-state index in [4.69, 9.17) is 4.74 Å². The molecule has 0 heterocycles. The molecule has 2 aromatic carbocycles. The second-order valence-corrected chi connectivity index (χ2v) is 4.62. The molecule has 0 aliphatic heterocycles. The Morgan fingerprint density at radius 1 is 0.842 bits per heavy atom. The number of rotatable bonds is 7. The zero-order chi connectivity index (χ0) is 13.3. The van der Waals surface area contributed by atoms with Crippen LogP contribution in [0.5, 0.6) is 5.75 Å². The van der Waals surface area contributed by atoms with Gasteiger partial charge in [-0.3, -0.25) is 0 Å². The molecule has 0 saturated heterocycles. The lowest BCUT2D eigenvalue weighted by atomic mass is 10.1. The van der Waals surface area contributed by atoms with E-state index in [1.807, 2.05) is 24.3 Å². The van der Waals surface area contributed by atoms with E-state index in [2.05, 4.69) is 24.3 Å². The van der Waals surface area contributed by atoms with Crippen LogP contribution in [0.1, 0.15) is 24.0 Å². The van der Waals surface area contributed by atoms with Crippen molar-refractivity contribution < 1.29 is 9.84 Å². The average Bonchev–Trinajstić information content (AvgIpc) is 2.45. The molecule has 0 amide bonds. The maximum Gasteiger partial charge on any atom is 0.121 e. The summed E-state index contributed by atoms with van der Waals surface area (Å²) in [6.07, 6.45) is 3.27. The molecule has 2 aromatic rings. The molecular weight excluding hydrogens is 236 g/mol. The molecule has 2 rings (SSSR count). The highest BCUT2D eigenvalue weighted by Crippen LogP contribution is 2.16. The Bertz CT molecular complexity index is 480. The Labute approximate surface area is 114 Å². The standard InChI is InChI=1S/C17H20O2/c18-17-12-5-4-11-16(17)14-19-13-7-6-10-15-8-2-1-3-9-15/h1-5,8-9,11-12,18H,6-7,10,13-14H2. The van der Waals surface area contributed by atoms with Crippen molar-refractivity contribution in [3.8, 4) is 5.75 Å². The lowest BCUT2D eigenvalue weighted by Crippen LogP contribution is -1.97. The van der Waals surface area contributed by atoms with Gasteiger partial charge < -0.3 is 9.84 Å². The molecule has 1 N–H and O–H groups in total. The molecule has 0 aliphatic carbocycles. The Morgan fingerprint density at radius 3 is 2.37 bits per heavy atom. The van der Waals surface area contributed by atoms with Gasteiger partial charge in [0, 0.05) is 12.2 Å². The molecular formula is C17H20O2. The van der Waals surface area contributed by atoms with E-state index in [0.717, 1.165) is 31.4 Å². The highest BCUT2D eigenvalue weighted by atomic mass is 16.5. The minimum atomic E-state index is 0.312. The molecule has 0 atom stereocenters. The highest BCUT2D eigenvalue weighted by Gasteiger charge is 1.99. The molecule has 0 radical (unpaired) electrons. The quantitative estimate of drug-likeness (QED) is 0.760. The van der Waals surface area contributed by atoms with E-state index in [1.54, 1.807) is 6.07 Å². The van der Waals surface area contributed by atoms with E-state index >= 15 is 0 Å². The zero-order valence-electron chi connectivity index (χ0n) is 11.1. The van der Waals surface area contributed by atoms with Crippen molar-refractivity contribution >= 4 is 0 Å². The maximum atomic E-state index is 9.58. The Hall–Kier alpha value is -1.80. The monoisotopic (exact) mass is 256 g/mol. The van der Waals surface area contributed by atoms with E-state index in [1.165, 1.54) is 5.56 Å². The van der Waals surface area contributed by atoms with Crippen molar-refractivity contribution in [1.82, 2.24) is 0 Å². The molecule has 100 valence electrons. The second kappa shape index (κ2) is 7.59. The number of phenols is 1. The number of phenolic OH excluding ortho intramolecular Hbond substituents is 1. The van der Waals surface area contributed by atoms with Crippen LogP contribution in [0.15, 0.2) is 54.6 Å². The molecule has 0 spiro atoms. The van der Waals surface area contributed by atoms with Gasteiger partial charge in [0.05, 0.1) is 6.61 Å². The number of benzene rings is 2. The van der Waals surface area contributed by atoms with Crippen LogP contribution in [0.4, 0.5) is 0 Å². The summed E-state index contributed by atoms with van der Waals surface area (Å²) in [5.41, 5.74) is 2.23. The third-order valence-electron chi connectivity index (χ3n) is 3.10. The summed E-state index contributed by atoms with van der Waals surface area (Å²) in [6.45, 7) is 1.22. The minimum Gasteiger partial charge on any atom is -0.508 e. The van der Waals surface area contributed by atoms with E-state index in [0.29, 0.717) is 12.4 Å². The molecule has 0 aromatic heterocycles. The fourth-order valence-electron chi connectivity index (χ4n) is 1.99. The van der Waals surface area contributed by atoms with E-state index < -0.39 is 0 Å². The SMILES string of the molecule is Oc1ccccc1COCCCCc1ccccc1. The van der Waals surface area contributed by atoms with Gasteiger partial charge in [-0.25, -0.2) is 0 Å². The molecule has 0 fully saturated rings. The van der Waals surface area contributed by atoms with Crippen molar-refractivity contribution in [3.05, 3.63) is 65.7 Å². The smallest absolute Gasteiger partial charge is 0.121 e. The summed E-state index contributed by atoms with van der Waals surface area (Å²) in [5.74, 6) is 0.312. The van der Waals surface area contributed by atoms with Crippen LogP contribution in [0.2, 0.25) is 0 Å². The molecule has 19 heavy (non-hydrogen) atoms. The van der Waals surface area contributed by atoms with E-state index in [-0.39, 0.29) is 0 Å². The first-order valence-electron chi connectivity index (χ1n) is 6.75. The Morgan fingerprint density at radius 2 is 1.58 bits per heavy atom. The fourth-order valence-corrected chi connectivity index (χ4v) is 1.99. The highest BCUT2D eigenvalue weighted by molar-refractivity contribution is 5.30. The first-order valence-corrected chi connectivity index (χ1v) is 6.75. The van der Waals surface area contributed by atoms with Gasteiger partial charge in [-0.05, 0) is 30.9 Å². The normalized spacial score (nSPS) is 10.5. The number of hydrogen-bond donors (Lipinski definition) is 1. The van der Waals surface area contributed by atoms with Gasteiger partial charge in [-0.15, -0.1) is 0 Å². The maximum absolute atomic E-state index is 9.58. The van der Waals surface area contributed by atoms with E-state index in [9.17, 15) is 5.11 Å². The predicted molar refractivity (Wildman–Crippen MR) is 77.1 cm³/mol. The van der Waals surface area contributed by atoms with Crippen molar-refractivity contribution in [2.24, 2.45) is 0 Å². The van der Waals surface area contributed by atoms with Gasteiger partial charge >= 0.3 is 0 Å². The summed E-state index contributed by atoms with van der Waals surface area (Å²) in [7, 11) is 0. The summed E-state index contributed by atoms with van der Waals surface area (Å²) >= 11 is 0. The van der Waals surface area contributed by atoms with Crippen LogP contribution in [-0.2, 0) is 17.8 Å². The van der Waals surface area contributed by atoms with Crippen molar-refractivity contribution in [3.63, 3.8) is 0 Å². The Balaban J connectivity index is 1.59. The summed E-state index contributed by atoms with van der Waals surface area (Å²) in [6, 6.07) is 17.8. The number of para-hydroxylation sites is 1. The number of hydrogen-bond acceptors (Lipinski definition) is 2. The van der Waals surface area contributed by atoms with Crippen molar-refractivity contribution in [1.29, 1.82) is 0 Å². The summed E-state index contributed by atoms with van der Waals surface area (Å²) < 4.78 is 5.58. The third-order valence-corrected chi connectivity index (χ3v) is 3.10. The zero-order valence-corrected chi connectivity index (χ0v) is 11.1. The predicted octanol–water partition coefficient (Wildman–Crippen LogP) is 3.93. The lowest BCUT2D eigenvalue weighted by molar-refractivity contribution is 0.115. The van der Waals surface area contributed by atoms with Gasteiger partial charge in [0.1, 0.15) is 5.75 Å². The fraction of sp³-hybridized carbons (Fsp3) is 0.294. The van der Waals surface area contributed by atoms with Crippen LogP contribution >= 0.6 is 0 Å². The van der Waals surface area contributed by atoms with Gasteiger partial charge in [0.15, 0.2) is 0 Å². The van der Waals surface area contributed by atoms with Gasteiger partial charge in [-0.1, -0.05) is 48.5 Å². The van der Waals surface area contributed by atoms with Crippen LogP contribution in [0.3, 0.4) is 0 Å². The van der Waals surface area contributed by atoms with Gasteiger partial charge in [0.25, 0.3) is 0 Å². The number of aromatic hydroxyl groups is 1. The van der Waals surface area contributed by atoms with Crippen LogP contribution in [0.25, 0.3) is 0 Å². The lowest BCUT2D eigenvalue weighted by Gasteiger charge is -2.06. The number of aryl methyl sites for hydroxylation is 1. The number of unbranched alkanes of at least 4 members (excludes halogenated alkanes) is 1. The molecule has 0 aliphatic rings. The van der Waals surface area contributed by atoms with Gasteiger partial charge in [0.2, 0.25) is 0 Å². The third kappa shape index (κ3) is 4.76.